The van der Waals surface area contributed by atoms with E-state index in [1.807, 2.05) is 11.0 Å². The summed E-state index contributed by atoms with van der Waals surface area (Å²) in [6, 6.07) is 4.37. The second-order valence-corrected chi connectivity index (χ2v) is 6.72. The number of hydrogen-bond donors (Lipinski definition) is 1. The molecule has 1 saturated heterocycles. The van der Waals surface area contributed by atoms with Crippen LogP contribution in [0.4, 0.5) is 0 Å². The number of aryl methyl sites for hydroxylation is 1. The molecular formula is C14H22N2OS. The molecule has 1 aliphatic rings. The lowest BCUT2D eigenvalue weighted by molar-refractivity contribution is -0.138. The molecule has 0 aromatic carbocycles. The number of nitrogens with zero attached hydrogens (tertiary/aromatic N) is 1. The van der Waals surface area contributed by atoms with E-state index in [1.54, 1.807) is 11.3 Å². The molecule has 0 saturated carbocycles. The lowest BCUT2D eigenvalue weighted by atomic mass is 9.87. The van der Waals surface area contributed by atoms with E-state index in [1.165, 1.54) is 4.88 Å². The quantitative estimate of drug-likeness (QED) is 0.913. The van der Waals surface area contributed by atoms with Gasteiger partial charge in [0.2, 0.25) is 5.91 Å². The van der Waals surface area contributed by atoms with Gasteiger partial charge in [0.25, 0.3) is 0 Å². The summed E-state index contributed by atoms with van der Waals surface area (Å²) < 4.78 is 0. The minimum absolute atomic E-state index is 0.0931. The van der Waals surface area contributed by atoms with Gasteiger partial charge in [0.05, 0.1) is 0 Å². The molecule has 1 aromatic heterocycles. The summed E-state index contributed by atoms with van der Waals surface area (Å²) >= 11 is 1.72. The Morgan fingerprint density at radius 1 is 1.61 bits per heavy atom. The monoisotopic (exact) mass is 266 g/mol. The zero-order valence-corrected chi connectivity index (χ0v) is 12.0. The third-order valence-electron chi connectivity index (χ3n) is 3.68. The number of carbonyl (C=O) groups excluding carboxylic acids is 1. The first-order chi connectivity index (χ1) is 8.49. The first-order valence-corrected chi connectivity index (χ1v) is 7.45. The van der Waals surface area contributed by atoms with Crippen LogP contribution in [0, 0.1) is 0 Å². The highest BCUT2D eigenvalue weighted by Crippen LogP contribution is 2.27. The highest BCUT2D eigenvalue weighted by molar-refractivity contribution is 7.09. The Morgan fingerprint density at radius 2 is 2.39 bits per heavy atom. The first-order valence-electron chi connectivity index (χ1n) is 6.57. The van der Waals surface area contributed by atoms with Crippen LogP contribution in [-0.2, 0) is 11.2 Å². The van der Waals surface area contributed by atoms with Crippen LogP contribution in [0.25, 0.3) is 0 Å². The minimum Gasteiger partial charge on any atom is -0.337 e. The largest absolute Gasteiger partial charge is 0.337 e. The van der Waals surface area contributed by atoms with Crippen molar-refractivity contribution in [2.45, 2.75) is 51.1 Å². The highest BCUT2D eigenvalue weighted by Gasteiger charge is 2.35. The van der Waals surface area contributed by atoms with Crippen molar-refractivity contribution in [2.75, 3.05) is 6.54 Å². The molecule has 2 rings (SSSR count). The van der Waals surface area contributed by atoms with Gasteiger partial charge < -0.3 is 10.6 Å². The van der Waals surface area contributed by atoms with Gasteiger partial charge in [0.15, 0.2) is 0 Å². The fourth-order valence-electron chi connectivity index (χ4n) is 2.73. The van der Waals surface area contributed by atoms with E-state index in [0.29, 0.717) is 6.42 Å². The molecule has 1 atom stereocenters. The van der Waals surface area contributed by atoms with Crippen LogP contribution < -0.4 is 5.73 Å². The number of likely N-dealkylation sites (tertiary alicyclic amines) is 1. The zero-order chi connectivity index (χ0) is 13.2. The van der Waals surface area contributed by atoms with Gasteiger partial charge in [-0.05, 0) is 44.6 Å². The lowest BCUT2D eigenvalue weighted by Gasteiger charge is -2.45. The number of amides is 1. The van der Waals surface area contributed by atoms with Crippen molar-refractivity contribution in [3.8, 4) is 0 Å². The molecule has 2 N–H and O–H groups in total. The number of piperidine rings is 1. The Labute approximate surface area is 113 Å². The van der Waals surface area contributed by atoms with E-state index in [-0.39, 0.29) is 17.5 Å². The molecule has 1 aliphatic heterocycles. The van der Waals surface area contributed by atoms with Gasteiger partial charge in [-0.1, -0.05) is 6.07 Å². The third kappa shape index (κ3) is 3.12. The summed E-state index contributed by atoms with van der Waals surface area (Å²) in [6.45, 7) is 5.04. The SMILES string of the molecule is CC1(C)CC(N)CCN1C(=O)CCc1cccs1. The number of rotatable bonds is 3. The van der Waals surface area contributed by atoms with Crippen molar-refractivity contribution in [3.63, 3.8) is 0 Å². The van der Waals surface area contributed by atoms with Gasteiger partial charge in [-0.25, -0.2) is 0 Å². The summed E-state index contributed by atoms with van der Waals surface area (Å²) in [5, 5.41) is 2.06. The van der Waals surface area contributed by atoms with Crippen LogP contribution in [0.1, 0.15) is 38.0 Å². The van der Waals surface area contributed by atoms with Crippen LogP contribution in [0.5, 0.6) is 0 Å². The third-order valence-corrected chi connectivity index (χ3v) is 4.62. The summed E-state index contributed by atoms with van der Waals surface area (Å²) in [6.07, 6.45) is 3.29. The van der Waals surface area contributed by atoms with Gasteiger partial charge in [-0.3, -0.25) is 4.79 Å². The normalized spacial score (nSPS) is 23.1. The van der Waals surface area contributed by atoms with Gasteiger partial charge in [-0.15, -0.1) is 11.3 Å². The molecule has 1 unspecified atom stereocenters. The van der Waals surface area contributed by atoms with E-state index < -0.39 is 0 Å². The number of nitrogens with two attached hydrogens (primary N) is 1. The van der Waals surface area contributed by atoms with E-state index in [0.717, 1.165) is 25.8 Å². The predicted molar refractivity (Wildman–Crippen MR) is 75.6 cm³/mol. The maximum atomic E-state index is 12.3. The smallest absolute Gasteiger partial charge is 0.223 e. The molecule has 0 bridgehead atoms. The average molecular weight is 266 g/mol. The lowest BCUT2D eigenvalue weighted by Crippen LogP contribution is -2.55. The maximum Gasteiger partial charge on any atom is 0.223 e. The first kappa shape index (κ1) is 13.6. The molecule has 1 aromatic rings. The topological polar surface area (TPSA) is 46.3 Å². The molecule has 1 amide bonds. The zero-order valence-electron chi connectivity index (χ0n) is 11.2. The molecule has 2 heterocycles. The summed E-state index contributed by atoms with van der Waals surface area (Å²) in [5.41, 5.74) is 5.89. The van der Waals surface area contributed by atoms with Crippen molar-refractivity contribution < 1.29 is 4.79 Å². The second kappa shape index (κ2) is 5.41. The second-order valence-electron chi connectivity index (χ2n) is 5.69. The molecule has 18 heavy (non-hydrogen) atoms. The predicted octanol–water partition coefficient (Wildman–Crippen LogP) is 2.41. The minimum atomic E-state index is -0.0931. The molecule has 1 fully saturated rings. The molecule has 0 aliphatic carbocycles. The van der Waals surface area contributed by atoms with E-state index in [2.05, 4.69) is 25.3 Å². The van der Waals surface area contributed by atoms with Gasteiger partial charge in [-0.2, -0.15) is 0 Å². The van der Waals surface area contributed by atoms with Crippen molar-refractivity contribution >= 4 is 17.2 Å². The average Bonchev–Trinajstić information content (AvgIpc) is 2.77. The molecule has 100 valence electrons. The van der Waals surface area contributed by atoms with E-state index >= 15 is 0 Å². The van der Waals surface area contributed by atoms with Gasteiger partial charge >= 0.3 is 0 Å². The Bertz CT molecular complexity index is 400. The molecule has 3 nitrogen and oxygen atoms in total. The summed E-state index contributed by atoms with van der Waals surface area (Å²) in [5.74, 6) is 0.264. The van der Waals surface area contributed by atoms with Crippen LogP contribution in [0.2, 0.25) is 0 Å². The fourth-order valence-corrected chi connectivity index (χ4v) is 3.44. The summed E-state index contributed by atoms with van der Waals surface area (Å²) in [7, 11) is 0. The fraction of sp³-hybridized carbons (Fsp3) is 0.643. The highest BCUT2D eigenvalue weighted by atomic mass is 32.1. The van der Waals surface area contributed by atoms with Gasteiger partial charge in [0.1, 0.15) is 0 Å². The van der Waals surface area contributed by atoms with Crippen LogP contribution in [0.3, 0.4) is 0 Å². The Morgan fingerprint density at radius 3 is 3.00 bits per heavy atom. The standard InChI is InChI=1S/C14H22N2OS/c1-14(2)10-11(15)7-8-16(14)13(17)6-5-12-4-3-9-18-12/h3-4,9,11H,5-8,10,15H2,1-2H3. The Balaban J connectivity index is 1.92. The van der Waals surface area contributed by atoms with E-state index in [4.69, 9.17) is 5.73 Å². The van der Waals surface area contributed by atoms with Crippen molar-refractivity contribution in [2.24, 2.45) is 5.73 Å². The number of hydrogen-bond acceptors (Lipinski definition) is 3. The maximum absolute atomic E-state index is 12.3. The Hall–Kier alpha value is -0.870. The van der Waals surface area contributed by atoms with Crippen molar-refractivity contribution in [1.82, 2.24) is 4.90 Å². The molecule has 4 heteroatoms. The molecule has 0 radical (unpaired) electrons. The van der Waals surface area contributed by atoms with Gasteiger partial charge in [0, 0.05) is 29.4 Å². The van der Waals surface area contributed by atoms with E-state index in [9.17, 15) is 4.79 Å². The number of thiophene rings is 1. The van der Waals surface area contributed by atoms with Crippen LogP contribution >= 0.6 is 11.3 Å². The molecule has 0 spiro atoms. The van der Waals surface area contributed by atoms with Crippen molar-refractivity contribution in [3.05, 3.63) is 22.4 Å². The number of carbonyl (C=O) groups is 1. The summed E-state index contributed by atoms with van der Waals surface area (Å²) in [4.78, 5) is 15.6. The van der Waals surface area contributed by atoms with Crippen LogP contribution in [-0.4, -0.2) is 28.9 Å². The van der Waals surface area contributed by atoms with Crippen LogP contribution in [0.15, 0.2) is 17.5 Å². The molecular weight excluding hydrogens is 244 g/mol. The van der Waals surface area contributed by atoms with Crippen molar-refractivity contribution in [1.29, 1.82) is 0 Å². The Kier molecular flexibility index (Phi) is 4.07.